The van der Waals surface area contributed by atoms with Gasteiger partial charge in [-0.2, -0.15) is 0 Å². The van der Waals surface area contributed by atoms with Crippen molar-refractivity contribution in [1.82, 2.24) is 4.90 Å². The Kier molecular flexibility index (Phi) is 3.19. The first kappa shape index (κ1) is 12.5. The molecule has 0 unspecified atom stereocenters. The average molecular weight is 260 g/mol. The number of ether oxygens (including phenoxy) is 1. The highest BCUT2D eigenvalue weighted by Gasteiger charge is 2.42. The number of hydrogen-bond acceptors (Lipinski definition) is 4. The summed E-state index contributed by atoms with van der Waals surface area (Å²) >= 11 is 0. The van der Waals surface area contributed by atoms with Gasteiger partial charge in [-0.05, 0) is 25.0 Å². The second-order valence-electron chi connectivity index (χ2n) is 5.24. The van der Waals surface area contributed by atoms with Crippen LogP contribution in [0.25, 0.3) is 0 Å². The zero-order valence-corrected chi connectivity index (χ0v) is 11.3. The molecule has 4 heteroatoms. The lowest BCUT2D eigenvalue weighted by atomic mass is 10.0. The quantitative estimate of drug-likeness (QED) is 0.886. The molecule has 0 bridgehead atoms. The first-order valence-corrected chi connectivity index (χ1v) is 6.92. The largest absolute Gasteiger partial charge is 0.497 e. The van der Waals surface area contributed by atoms with E-state index in [-0.39, 0.29) is 0 Å². The number of rotatable bonds is 2. The van der Waals surface area contributed by atoms with Gasteiger partial charge in [0, 0.05) is 18.5 Å². The summed E-state index contributed by atoms with van der Waals surface area (Å²) in [5, 5.41) is 11.0. The lowest BCUT2D eigenvalue weighted by Crippen LogP contribution is -2.46. The average Bonchev–Trinajstić information content (AvgIpc) is 2.65. The highest BCUT2D eigenvalue weighted by Crippen LogP contribution is 2.35. The van der Waals surface area contributed by atoms with Crippen LogP contribution >= 0.6 is 0 Å². The molecular weight excluding hydrogens is 240 g/mol. The number of hydrogen-bond donors (Lipinski definition) is 1. The molecule has 0 amide bonds. The van der Waals surface area contributed by atoms with Gasteiger partial charge in [0.05, 0.1) is 13.7 Å². The lowest BCUT2D eigenvalue weighted by Gasteiger charge is -2.35. The molecule has 0 spiro atoms. The molecule has 0 aliphatic carbocycles. The van der Waals surface area contributed by atoms with Crippen LogP contribution in [0.2, 0.25) is 0 Å². The molecule has 1 aromatic rings. The van der Waals surface area contributed by atoms with Gasteiger partial charge < -0.3 is 14.7 Å². The second-order valence-corrected chi connectivity index (χ2v) is 5.24. The molecule has 1 fully saturated rings. The van der Waals surface area contributed by atoms with Crippen molar-refractivity contribution in [3.8, 4) is 5.75 Å². The molecule has 102 valence electrons. The van der Waals surface area contributed by atoms with Crippen molar-refractivity contribution >= 4 is 5.84 Å². The molecule has 3 rings (SSSR count). The fraction of sp³-hybridized carbons (Fsp3) is 0.533. The molecule has 0 aromatic heterocycles. The van der Waals surface area contributed by atoms with E-state index in [1.807, 2.05) is 24.3 Å². The first-order valence-electron chi connectivity index (χ1n) is 6.92. The number of benzene rings is 1. The number of nitrogens with zero attached hydrogens (tertiary/aromatic N) is 2. The minimum atomic E-state index is -0.966. The topological polar surface area (TPSA) is 45.1 Å². The predicted molar refractivity (Wildman–Crippen MR) is 74.4 cm³/mol. The summed E-state index contributed by atoms with van der Waals surface area (Å²) in [6.45, 7) is 1.33. The standard InChI is InChI=1S/C15H20N2O2/c1-19-13-8-6-12(7-9-13)15(18)11-16-14-5-3-2-4-10-17(14)15/h6-9,18H,2-5,10-11H2,1H3/t15-/m1/s1. The van der Waals surface area contributed by atoms with Crippen LogP contribution in [-0.2, 0) is 5.72 Å². The van der Waals surface area contributed by atoms with Crippen molar-refractivity contribution in [1.29, 1.82) is 0 Å². The Morgan fingerprint density at radius 2 is 2.00 bits per heavy atom. The molecule has 4 nitrogen and oxygen atoms in total. The third-order valence-corrected chi connectivity index (χ3v) is 4.07. The third-order valence-electron chi connectivity index (χ3n) is 4.07. The summed E-state index contributed by atoms with van der Waals surface area (Å²) in [7, 11) is 1.65. The Labute approximate surface area is 113 Å². The maximum Gasteiger partial charge on any atom is 0.185 e. The molecule has 2 aliphatic heterocycles. The molecule has 2 aliphatic rings. The number of amidine groups is 1. The molecule has 2 heterocycles. The molecule has 1 N–H and O–H groups in total. The van der Waals surface area contributed by atoms with Gasteiger partial charge in [0.25, 0.3) is 0 Å². The highest BCUT2D eigenvalue weighted by molar-refractivity contribution is 5.85. The minimum absolute atomic E-state index is 0.439. The van der Waals surface area contributed by atoms with E-state index in [9.17, 15) is 5.11 Å². The lowest BCUT2D eigenvalue weighted by molar-refractivity contribution is -0.0557. The number of fused-ring (bicyclic) bond motifs is 1. The van der Waals surface area contributed by atoms with Gasteiger partial charge in [0.1, 0.15) is 11.6 Å². The third kappa shape index (κ3) is 2.10. The van der Waals surface area contributed by atoms with Crippen molar-refractivity contribution in [2.75, 3.05) is 20.2 Å². The van der Waals surface area contributed by atoms with Crippen LogP contribution in [0.1, 0.15) is 31.2 Å². The van der Waals surface area contributed by atoms with E-state index in [0.29, 0.717) is 6.54 Å². The van der Waals surface area contributed by atoms with E-state index in [2.05, 4.69) is 9.89 Å². The zero-order chi connectivity index (χ0) is 13.3. The van der Waals surface area contributed by atoms with Crippen LogP contribution in [-0.4, -0.2) is 36.0 Å². The van der Waals surface area contributed by atoms with E-state index < -0.39 is 5.72 Å². The van der Waals surface area contributed by atoms with Crippen molar-refractivity contribution < 1.29 is 9.84 Å². The van der Waals surface area contributed by atoms with Gasteiger partial charge in [-0.15, -0.1) is 0 Å². The summed E-state index contributed by atoms with van der Waals surface area (Å²) in [5.41, 5.74) is -0.0691. The number of methoxy groups -OCH3 is 1. The molecule has 19 heavy (non-hydrogen) atoms. The Balaban J connectivity index is 1.90. The molecule has 1 aromatic carbocycles. The van der Waals surface area contributed by atoms with E-state index in [1.54, 1.807) is 7.11 Å². The molecule has 0 saturated carbocycles. The molecule has 1 atom stereocenters. The van der Waals surface area contributed by atoms with Crippen molar-refractivity contribution in [3.05, 3.63) is 29.8 Å². The van der Waals surface area contributed by atoms with Gasteiger partial charge in [0.2, 0.25) is 0 Å². The van der Waals surface area contributed by atoms with E-state index >= 15 is 0 Å². The maximum atomic E-state index is 11.0. The Bertz CT molecular complexity index is 483. The fourth-order valence-corrected chi connectivity index (χ4v) is 2.95. The van der Waals surface area contributed by atoms with Gasteiger partial charge in [-0.3, -0.25) is 4.99 Å². The molecule has 1 saturated heterocycles. The van der Waals surface area contributed by atoms with Crippen LogP contribution in [0.5, 0.6) is 5.75 Å². The number of aliphatic hydroxyl groups is 1. The number of aliphatic imine (C=N–C) groups is 1. The Morgan fingerprint density at radius 1 is 1.21 bits per heavy atom. The zero-order valence-electron chi connectivity index (χ0n) is 11.3. The Morgan fingerprint density at radius 3 is 2.74 bits per heavy atom. The van der Waals surface area contributed by atoms with Crippen LogP contribution in [0.3, 0.4) is 0 Å². The van der Waals surface area contributed by atoms with Crippen LogP contribution in [0, 0.1) is 0 Å². The van der Waals surface area contributed by atoms with Crippen LogP contribution in [0.15, 0.2) is 29.3 Å². The SMILES string of the molecule is COc1ccc([C@]2(O)CN=C3CCCCCN32)cc1. The summed E-state index contributed by atoms with van der Waals surface area (Å²) in [6, 6.07) is 7.65. The van der Waals surface area contributed by atoms with E-state index in [1.165, 1.54) is 12.8 Å². The summed E-state index contributed by atoms with van der Waals surface area (Å²) in [6.07, 6.45) is 4.50. The van der Waals surface area contributed by atoms with Gasteiger partial charge in [-0.1, -0.05) is 18.6 Å². The summed E-state index contributed by atoms with van der Waals surface area (Å²) in [5.74, 6) is 1.87. The summed E-state index contributed by atoms with van der Waals surface area (Å²) in [4.78, 5) is 6.64. The minimum Gasteiger partial charge on any atom is -0.497 e. The van der Waals surface area contributed by atoms with Gasteiger partial charge in [0.15, 0.2) is 5.72 Å². The predicted octanol–water partition coefficient (Wildman–Crippen LogP) is 2.13. The van der Waals surface area contributed by atoms with Gasteiger partial charge in [-0.25, -0.2) is 0 Å². The van der Waals surface area contributed by atoms with Crippen molar-refractivity contribution in [3.63, 3.8) is 0 Å². The second kappa shape index (κ2) is 4.85. The van der Waals surface area contributed by atoms with Crippen LogP contribution in [0.4, 0.5) is 0 Å². The fourth-order valence-electron chi connectivity index (χ4n) is 2.95. The first-order chi connectivity index (χ1) is 9.24. The van der Waals surface area contributed by atoms with E-state index in [0.717, 1.165) is 36.5 Å². The summed E-state index contributed by atoms with van der Waals surface area (Å²) < 4.78 is 5.17. The maximum absolute atomic E-state index is 11.0. The monoisotopic (exact) mass is 260 g/mol. The van der Waals surface area contributed by atoms with Gasteiger partial charge >= 0.3 is 0 Å². The van der Waals surface area contributed by atoms with E-state index in [4.69, 9.17) is 4.74 Å². The smallest absolute Gasteiger partial charge is 0.185 e. The van der Waals surface area contributed by atoms with Crippen molar-refractivity contribution in [2.45, 2.75) is 31.4 Å². The molecule has 0 radical (unpaired) electrons. The molecular formula is C15H20N2O2. The highest BCUT2D eigenvalue weighted by atomic mass is 16.5. The van der Waals surface area contributed by atoms with Crippen molar-refractivity contribution in [2.24, 2.45) is 4.99 Å². The Hall–Kier alpha value is -1.55. The normalized spacial score (nSPS) is 26.6. The van der Waals surface area contributed by atoms with Crippen LogP contribution < -0.4 is 4.74 Å².